The van der Waals surface area contributed by atoms with E-state index in [1.165, 1.54) is 0 Å². The molecule has 0 fully saturated rings. The zero-order chi connectivity index (χ0) is 13.1. The number of ether oxygens (including phenoxy) is 1. The number of nitrogens with zero attached hydrogens (tertiary/aromatic N) is 1. The number of pyridine rings is 1. The number of aromatic nitrogens is 1. The third kappa shape index (κ3) is 3.09. The van der Waals surface area contributed by atoms with Gasteiger partial charge in [0, 0.05) is 28.5 Å². The molecule has 18 heavy (non-hydrogen) atoms. The first-order chi connectivity index (χ1) is 8.61. The van der Waals surface area contributed by atoms with Crippen LogP contribution in [0.15, 0.2) is 35.1 Å². The zero-order valence-corrected chi connectivity index (χ0v) is 12.8. The first kappa shape index (κ1) is 13.9. The molecule has 6 heteroatoms. The van der Waals surface area contributed by atoms with Gasteiger partial charge in [-0.3, -0.25) is 4.98 Å². The van der Waals surface area contributed by atoms with Gasteiger partial charge in [-0.15, -0.1) is 11.6 Å². The lowest BCUT2D eigenvalue weighted by atomic mass is 10.3. The van der Waals surface area contributed by atoms with E-state index in [-0.39, 0.29) is 0 Å². The van der Waals surface area contributed by atoms with Crippen LogP contribution in [0.2, 0.25) is 10.0 Å². The van der Waals surface area contributed by atoms with Crippen LogP contribution in [-0.4, -0.2) is 4.98 Å². The Kier molecular flexibility index (Phi) is 4.73. The molecule has 0 amide bonds. The van der Waals surface area contributed by atoms with E-state index in [2.05, 4.69) is 20.9 Å². The maximum absolute atomic E-state index is 6.08. The van der Waals surface area contributed by atoms with Gasteiger partial charge >= 0.3 is 0 Å². The van der Waals surface area contributed by atoms with E-state index in [1.54, 1.807) is 30.6 Å². The minimum Gasteiger partial charge on any atom is -0.455 e. The van der Waals surface area contributed by atoms with Gasteiger partial charge in [0.25, 0.3) is 0 Å². The molecule has 0 bridgehead atoms. The molecule has 0 aliphatic carbocycles. The molecule has 94 valence electrons. The van der Waals surface area contributed by atoms with Crippen LogP contribution in [0.5, 0.6) is 11.5 Å². The van der Waals surface area contributed by atoms with E-state index in [0.717, 1.165) is 5.56 Å². The number of hydrogen-bond donors (Lipinski definition) is 0. The van der Waals surface area contributed by atoms with Crippen molar-refractivity contribution in [1.82, 2.24) is 4.98 Å². The standard InChI is InChI=1S/C12H7BrCl3NO/c13-8-3-10(16)12(4-9(8)15)18-11-1-2-17-6-7(11)5-14/h1-4,6H,5H2. The third-order valence-corrected chi connectivity index (χ3v) is 3.98. The van der Waals surface area contributed by atoms with Crippen molar-refractivity contribution in [3.8, 4) is 11.5 Å². The Morgan fingerprint density at radius 1 is 1.17 bits per heavy atom. The lowest BCUT2D eigenvalue weighted by Gasteiger charge is -2.11. The van der Waals surface area contributed by atoms with Gasteiger partial charge in [-0.1, -0.05) is 23.2 Å². The van der Waals surface area contributed by atoms with Gasteiger partial charge < -0.3 is 4.74 Å². The van der Waals surface area contributed by atoms with Crippen LogP contribution >= 0.6 is 50.7 Å². The molecule has 0 saturated carbocycles. The van der Waals surface area contributed by atoms with Crippen LogP contribution in [-0.2, 0) is 5.88 Å². The zero-order valence-electron chi connectivity index (χ0n) is 8.96. The predicted octanol–water partition coefficient (Wildman–Crippen LogP) is 5.68. The van der Waals surface area contributed by atoms with Crippen LogP contribution in [0.4, 0.5) is 0 Å². The maximum atomic E-state index is 6.08. The third-order valence-electron chi connectivity index (χ3n) is 2.20. The molecular formula is C12H7BrCl3NO. The SMILES string of the molecule is ClCc1cnccc1Oc1cc(Cl)c(Br)cc1Cl. The van der Waals surface area contributed by atoms with Crippen molar-refractivity contribution in [1.29, 1.82) is 0 Å². The van der Waals surface area contributed by atoms with Crippen LogP contribution in [0.1, 0.15) is 5.56 Å². The van der Waals surface area contributed by atoms with Crippen LogP contribution < -0.4 is 4.74 Å². The highest BCUT2D eigenvalue weighted by molar-refractivity contribution is 9.10. The largest absolute Gasteiger partial charge is 0.455 e. The minimum atomic E-state index is 0.311. The molecular weight excluding hydrogens is 360 g/mol. The quantitative estimate of drug-likeness (QED) is 0.514. The van der Waals surface area contributed by atoms with Crippen molar-refractivity contribution in [2.75, 3.05) is 0 Å². The van der Waals surface area contributed by atoms with Crippen molar-refractivity contribution in [3.63, 3.8) is 0 Å². The molecule has 2 aromatic rings. The number of alkyl halides is 1. The van der Waals surface area contributed by atoms with E-state index < -0.39 is 0 Å². The molecule has 0 radical (unpaired) electrons. The molecule has 0 unspecified atom stereocenters. The summed E-state index contributed by atoms with van der Waals surface area (Å²) in [6, 6.07) is 5.05. The molecule has 0 atom stereocenters. The molecule has 1 heterocycles. The normalized spacial score (nSPS) is 10.4. The summed E-state index contributed by atoms with van der Waals surface area (Å²) in [5, 5.41) is 0.986. The van der Waals surface area contributed by atoms with E-state index in [0.29, 0.717) is 31.9 Å². The Hall–Kier alpha value is -0.480. The second kappa shape index (κ2) is 6.11. The van der Waals surface area contributed by atoms with Crippen molar-refractivity contribution in [2.24, 2.45) is 0 Å². The van der Waals surface area contributed by atoms with Crippen molar-refractivity contribution in [2.45, 2.75) is 5.88 Å². The molecule has 2 rings (SSSR count). The Labute approximate surface area is 128 Å². The summed E-state index contributed by atoms with van der Waals surface area (Å²) >= 11 is 21.2. The summed E-state index contributed by atoms with van der Waals surface area (Å²) in [4.78, 5) is 3.98. The molecule has 0 saturated heterocycles. The summed E-state index contributed by atoms with van der Waals surface area (Å²) in [5.41, 5.74) is 0.786. The Balaban J connectivity index is 2.37. The molecule has 0 aliphatic heterocycles. The first-order valence-corrected chi connectivity index (χ1v) is 7.01. The summed E-state index contributed by atoms with van der Waals surface area (Å²) in [5.74, 6) is 1.40. The first-order valence-electron chi connectivity index (χ1n) is 4.93. The highest BCUT2D eigenvalue weighted by Gasteiger charge is 2.10. The van der Waals surface area contributed by atoms with Gasteiger partial charge in [-0.2, -0.15) is 0 Å². The summed E-state index contributed by atoms with van der Waals surface area (Å²) in [6.45, 7) is 0. The van der Waals surface area contributed by atoms with Gasteiger partial charge in [0.2, 0.25) is 0 Å². The van der Waals surface area contributed by atoms with Gasteiger partial charge in [-0.05, 0) is 28.1 Å². The van der Waals surface area contributed by atoms with E-state index >= 15 is 0 Å². The Morgan fingerprint density at radius 2 is 1.94 bits per heavy atom. The smallest absolute Gasteiger partial charge is 0.147 e. The average molecular weight is 367 g/mol. The summed E-state index contributed by atoms with van der Waals surface area (Å²) in [6.07, 6.45) is 3.27. The van der Waals surface area contributed by atoms with E-state index in [1.807, 2.05) is 0 Å². The second-order valence-electron chi connectivity index (χ2n) is 3.42. The monoisotopic (exact) mass is 365 g/mol. The highest BCUT2D eigenvalue weighted by atomic mass is 79.9. The van der Waals surface area contributed by atoms with Gasteiger partial charge in [-0.25, -0.2) is 0 Å². The lowest BCUT2D eigenvalue weighted by molar-refractivity contribution is 0.477. The van der Waals surface area contributed by atoms with Crippen LogP contribution in [0.3, 0.4) is 0 Å². The minimum absolute atomic E-state index is 0.311. The molecule has 0 aliphatic rings. The fraction of sp³-hybridized carbons (Fsp3) is 0.0833. The lowest BCUT2D eigenvalue weighted by Crippen LogP contribution is -1.91. The summed E-state index contributed by atoms with van der Waals surface area (Å²) < 4.78 is 6.42. The molecule has 0 spiro atoms. The maximum Gasteiger partial charge on any atom is 0.147 e. The second-order valence-corrected chi connectivity index (χ2v) is 5.35. The van der Waals surface area contributed by atoms with Crippen LogP contribution in [0.25, 0.3) is 0 Å². The number of rotatable bonds is 3. The molecule has 2 nitrogen and oxygen atoms in total. The predicted molar refractivity (Wildman–Crippen MR) is 78.0 cm³/mol. The average Bonchev–Trinajstić information content (AvgIpc) is 2.36. The fourth-order valence-electron chi connectivity index (χ4n) is 1.32. The van der Waals surface area contributed by atoms with E-state index in [9.17, 15) is 0 Å². The fourth-order valence-corrected chi connectivity index (χ4v) is 2.35. The number of benzene rings is 1. The van der Waals surface area contributed by atoms with Gasteiger partial charge in [0.1, 0.15) is 11.5 Å². The molecule has 1 aromatic heterocycles. The molecule has 1 aromatic carbocycles. The number of halogens is 4. The summed E-state index contributed by atoms with van der Waals surface area (Å²) in [7, 11) is 0. The highest BCUT2D eigenvalue weighted by Crippen LogP contribution is 2.37. The molecule has 0 N–H and O–H groups in total. The topological polar surface area (TPSA) is 22.1 Å². The van der Waals surface area contributed by atoms with Gasteiger partial charge in [0.05, 0.1) is 15.9 Å². The van der Waals surface area contributed by atoms with Crippen molar-refractivity contribution >= 4 is 50.7 Å². The van der Waals surface area contributed by atoms with Gasteiger partial charge in [0.15, 0.2) is 0 Å². The van der Waals surface area contributed by atoms with Crippen molar-refractivity contribution in [3.05, 3.63) is 50.7 Å². The van der Waals surface area contributed by atoms with Crippen LogP contribution in [0, 0.1) is 0 Å². The Bertz CT molecular complexity index is 577. The van der Waals surface area contributed by atoms with Crippen molar-refractivity contribution < 1.29 is 4.74 Å². The Morgan fingerprint density at radius 3 is 2.67 bits per heavy atom. The van der Waals surface area contributed by atoms with E-state index in [4.69, 9.17) is 39.5 Å². The number of hydrogen-bond acceptors (Lipinski definition) is 2.